The molecule has 2 N–H and O–H groups in total. The second-order valence-electron chi connectivity index (χ2n) is 7.06. The van der Waals surface area contributed by atoms with Gasteiger partial charge in [0.2, 0.25) is 0 Å². The van der Waals surface area contributed by atoms with Gasteiger partial charge < -0.3 is 10.6 Å². The van der Waals surface area contributed by atoms with Crippen molar-refractivity contribution in [3.8, 4) is 0 Å². The molecular weight excluding hydrogens is 258 g/mol. The third-order valence-electron chi connectivity index (χ3n) is 5.67. The summed E-state index contributed by atoms with van der Waals surface area (Å²) < 4.78 is 0. The van der Waals surface area contributed by atoms with Gasteiger partial charge in [0.15, 0.2) is 0 Å². The number of nitrogens with two attached hydrogens (primary N) is 1. The summed E-state index contributed by atoms with van der Waals surface area (Å²) in [6, 6.07) is 9.62. The molecule has 2 saturated heterocycles. The zero-order valence-corrected chi connectivity index (χ0v) is 13.5. The molecule has 3 rings (SSSR count). The van der Waals surface area contributed by atoms with Crippen LogP contribution in [-0.4, -0.2) is 48.1 Å². The fourth-order valence-corrected chi connectivity index (χ4v) is 4.25. The highest BCUT2D eigenvalue weighted by Crippen LogP contribution is 2.36. The average molecular weight is 287 g/mol. The molecule has 3 heteroatoms. The van der Waals surface area contributed by atoms with Gasteiger partial charge in [-0.1, -0.05) is 29.8 Å². The van der Waals surface area contributed by atoms with Crippen LogP contribution < -0.4 is 5.73 Å². The first-order valence-corrected chi connectivity index (χ1v) is 8.34. The van der Waals surface area contributed by atoms with Crippen molar-refractivity contribution in [3.05, 3.63) is 35.4 Å². The summed E-state index contributed by atoms with van der Waals surface area (Å²) >= 11 is 0. The van der Waals surface area contributed by atoms with E-state index in [1.807, 2.05) is 0 Å². The number of hydrogen-bond acceptors (Lipinski definition) is 3. The van der Waals surface area contributed by atoms with E-state index < -0.39 is 0 Å². The van der Waals surface area contributed by atoms with Crippen molar-refractivity contribution >= 4 is 0 Å². The van der Waals surface area contributed by atoms with Gasteiger partial charge in [-0.3, -0.25) is 4.90 Å². The van der Waals surface area contributed by atoms with Crippen molar-refractivity contribution in [3.63, 3.8) is 0 Å². The number of likely N-dealkylation sites (N-methyl/N-ethyl adjacent to an activating group) is 1. The number of fused-ring (bicyclic) bond motifs is 1. The summed E-state index contributed by atoms with van der Waals surface area (Å²) in [5.74, 6) is 0. The smallest absolute Gasteiger partial charge is 0.0359 e. The van der Waals surface area contributed by atoms with Crippen LogP contribution in [0.2, 0.25) is 0 Å². The summed E-state index contributed by atoms with van der Waals surface area (Å²) in [6.07, 6.45) is 5.18. The number of aryl methyl sites for hydroxylation is 1. The second-order valence-corrected chi connectivity index (χ2v) is 7.06. The number of piperidine rings is 1. The minimum Gasteiger partial charge on any atom is -0.329 e. The van der Waals surface area contributed by atoms with Crippen molar-refractivity contribution in [2.75, 3.05) is 26.7 Å². The Morgan fingerprint density at radius 1 is 1.38 bits per heavy atom. The Hall–Kier alpha value is -0.900. The molecule has 116 valence electrons. The van der Waals surface area contributed by atoms with E-state index in [0.29, 0.717) is 0 Å². The highest BCUT2D eigenvalue weighted by atomic mass is 15.3. The molecule has 0 aromatic heterocycles. The Morgan fingerprint density at radius 2 is 2.24 bits per heavy atom. The number of benzene rings is 1. The van der Waals surface area contributed by atoms with Gasteiger partial charge in [-0.05, 0) is 51.8 Å². The van der Waals surface area contributed by atoms with Crippen LogP contribution in [0.3, 0.4) is 0 Å². The minimum atomic E-state index is 0.190. The molecule has 0 bridgehead atoms. The van der Waals surface area contributed by atoms with Crippen molar-refractivity contribution in [2.45, 2.75) is 50.7 Å². The highest BCUT2D eigenvalue weighted by molar-refractivity contribution is 5.22. The maximum Gasteiger partial charge on any atom is 0.0359 e. The second kappa shape index (κ2) is 6.07. The van der Waals surface area contributed by atoms with Gasteiger partial charge in [0, 0.05) is 31.2 Å². The molecule has 3 nitrogen and oxygen atoms in total. The molecule has 1 aromatic rings. The standard InChI is InChI=1S/C18H29N3/c1-15-5-3-6-16(11-15)13-20(2)18(14-19)8-10-21-9-4-7-17(21)12-18/h3,5-6,11,17H,4,7-10,12-14,19H2,1-2H3. The molecule has 2 heterocycles. The van der Waals surface area contributed by atoms with E-state index in [4.69, 9.17) is 5.73 Å². The predicted molar refractivity (Wildman–Crippen MR) is 88.3 cm³/mol. The first-order valence-electron chi connectivity index (χ1n) is 8.34. The maximum absolute atomic E-state index is 6.25. The zero-order chi connectivity index (χ0) is 14.9. The Balaban J connectivity index is 1.72. The van der Waals surface area contributed by atoms with Crippen LogP contribution in [0.15, 0.2) is 24.3 Å². The minimum absolute atomic E-state index is 0.190. The van der Waals surface area contributed by atoms with Crippen molar-refractivity contribution in [2.24, 2.45) is 5.73 Å². The molecule has 0 radical (unpaired) electrons. The zero-order valence-electron chi connectivity index (χ0n) is 13.5. The summed E-state index contributed by atoms with van der Waals surface area (Å²) in [4.78, 5) is 5.20. The van der Waals surface area contributed by atoms with Crippen molar-refractivity contribution in [1.82, 2.24) is 9.80 Å². The average Bonchev–Trinajstić information content (AvgIpc) is 2.94. The molecule has 21 heavy (non-hydrogen) atoms. The van der Waals surface area contributed by atoms with E-state index in [2.05, 4.69) is 48.0 Å². The first-order chi connectivity index (χ1) is 10.1. The lowest BCUT2D eigenvalue weighted by Crippen LogP contribution is -2.59. The fraction of sp³-hybridized carbons (Fsp3) is 0.667. The molecule has 0 amide bonds. The van der Waals surface area contributed by atoms with Gasteiger partial charge in [-0.25, -0.2) is 0 Å². The number of nitrogens with zero attached hydrogens (tertiary/aromatic N) is 2. The quantitative estimate of drug-likeness (QED) is 0.923. The summed E-state index contributed by atoms with van der Waals surface area (Å²) in [6.45, 7) is 6.47. The van der Waals surface area contributed by atoms with E-state index in [-0.39, 0.29) is 5.54 Å². The summed E-state index contributed by atoms with van der Waals surface area (Å²) in [5, 5.41) is 0. The Bertz CT molecular complexity index is 487. The largest absolute Gasteiger partial charge is 0.329 e. The third-order valence-corrected chi connectivity index (χ3v) is 5.67. The highest BCUT2D eigenvalue weighted by Gasteiger charge is 2.42. The van der Waals surface area contributed by atoms with Gasteiger partial charge >= 0.3 is 0 Å². The molecule has 2 aliphatic rings. The molecular formula is C18H29N3. The van der Waals surface area contributed by atoms with Gasteiger partial charge in [0.1, 0.15) is 0 Å². The van der Waals surface area contributed by atoms with Crippen LogP contribution in [0.5, 0.6) is 0 Å². The topological polar surface area (TPSA) is 32.5 Å². The monoisotopic (exact) mass is 287 g/mol. The molecule has 2 unspecified atom stereocenters. The van der Waals surface area contributed by atoms with E-state index in [0.717, 1.165) is 19.1 Å². The Labute approximate surface area is 129 Å². The molecule has 1 aromatic carbocycles. The van der Waals surface area contributed by atoms with Crippen molar-refractivity contribution < 1.29 is 0 Å². The van der Waals surface area contributed by atoms with Crippen LogP contribution in [0.4, 0.5) is 0 Å². The molecule has 0 spiro atoms. The Kier molecular flexibility index (Phi) is 4.34. The van der Waals surface area contributed by atoms with Crippen LogP contribution in [0, 0.1) is 6.92 Å². The van der Waals surface area contributed by atoms with Crippen LogP contribution >= 0.6 is 0 Å². The normalized spacial score (nSPS) is 29.8. The van der Waals surface area contributed by atoms with Gasteiger partial charge in [0.25, 0.3) is 0 Å². The van der Waals surface area contributed by atoms with Crippen LogP contribution in [-0.2, 0) is 6.54 Å². The third kappa shape index (κ3) is 3.01. The lowest BCUT2D eigenvalue weighted by atomic mass is 9.81. The molecule has 2 aliphatic heterocycles. The molecule has 2 fully saturated rings. The van der Waals surface area contributed by atoms with Crippen LogP contribution in [0.25, 0.3) is 0 Å². The lowest BCUT2D eigenvalue weighted by molar-refractivity contribution is 0.0220. The summed E-state index contributed by atoms with van der Waals surface area (Å²) in [7, 11) is 2.26. The van der Waals surface area contributed by atoms with E-state index in [1.165, 1.54) is 49.9 Å². The van der Waals surface area contributed by atoms with E-state index >= 15 is 0 Å². The van der Waals surface area contributed by atoms with Gasteiger partial charge in [-0.15, -0.1) is 0 Å². The van der Waals surface area contributed by atoms with Crippen LogP contribution in [0.1, 0.15) is 36.8 Å². The number of hydrogen-bond donors (Lipinski definition) is 1. The molecule has 0 aliphatic carbocycles. The SMILES string of the molecule is Cc1cccc(CN(C)C2(CN)CCN3CCCC3C2)c1. The van der Waals surface area contributed by atoms with Crippen molar-refractivity contribution in [1.29, 1.82) is 0 Å². The Morgan fingerprint density at radius 3 is 3.00 bits per heavy atom. The predicted octanol–water partition coefficient (Wildman–Crippen LogP) is 2.38. The maximum atomic E-state index is 6.25. The molecule has 2 atom stereocenters. The molecule has 0 saturated carbocycles. The lowest BCUT2D eigenvalue weighted by Gasteiger charge is -2.49. The van der Waals surface area contributed by atoms with E-state index in [9.17, 15) is 0 Å². The summed E-state index contributed by atoms with van der Waals surface area (Å²) in [5.41, 5.74) is 9.18. The van der Waals surface area contributed by atoms with Gasteiger partial charge in [-0.2, -0.15) is 0 Å². The van der Waals surface area contributed by atoms with E-state index in [1.54, 1.807) is 0 Å². The number of rotatable bonds is 4. The first kappa shape index (κ1) is 15.0. The fourth-order valence-electron chi connectivity index (χ4n) is 4.25. The van der Waals surface area contributed by atoms with Gasteiger partial charge in [0.05, 0.1) is 0 Å².